The number of carbonyl (C=O) groups is 1. The first-order valence-corrected chi connectivity index (χ1v) is 10.6. The van der Waals surface area contributed by atoms with E-state index < -0.39 is 17.5 Å². The molecule has 0 spiro atoms. The Hall–Kier alpha value is -4.25. The maximum Gasteiger partial charge on any atom is 0.337 e. The van der Waals surface area contributed by atoms with Crippen LogP contribution >= 0.6 is 0 Å². The highest BCUT2D eigenvalue weighted by Gasteiger charge is 2.41. The number of ether oxygens (including phenoxy) is 1. The van der Waals surface area contributed by atoms with E-state index in [2.05, 4.69) is 5.10 Å². The van der Waals surface area contributed by atoms with Gasteiger partial charge in [-0.05, 0) is 34.9 Å². The zero-order valence-electron chi connectivity index (χ0n) is 18.0. The lowest BCUT2D eigenvalue weighted by Gasteiger charge is -2.36. The summed E-state index contributed by atoms with van der Waals surface area (Å²) >= 11 is 0. The zero-order chi connectivity index (χ0) is 22.8. The molecule has 1 heterocycles. The van der Waals surface area contributed by atoms with Crippen molar-refractivity contribution in [1.29, 1.82) is 0 Å². The lowest BCUT2D eigenvalue weighted by molar-refractivity contribution is 0.0601. The third-order valence-electron chi connectivity index (χ3n) is 5.95. The van der Waals surface area contributed by atoms with E-state index in [0.29, 0.717) is 5.52 Å². The molecule has 0 aliphatic rings. The van der Waals surface area contributed by atoms with Crippen LogP contribution in [0, 0.1) is 5.95 Å². The fourth-order valence-corrected chi connectivity index (χ4v) is 4.49. The molecule has 0 saturated heterocycles. The van der Waals surface area contributed by atoms with Gasteiger partial charge in [0.2, 0.25) is 5.95 Å². The Morgan fingerprint density at radius 3 is 1.73 bits per heavy atom. The molecule has 162 valence electrons. The topological polar surface area (TPSA) is 44.1 Å². The normalized spacial score (nSPS) is 11.5. The average molecular weight is 436 g/mol. The summed E-state index contributed by atoms with van der Waals surface area (Å²) in [4.78, 5) is 12.1. The second kappa shape index (κ2) is 8.36. The Balaban J connectivity index is 1.92. The molecule has 0 N–H and O–H groups in total. The number of rotatable bonds is 5. The number of aromatic nitrogens is 2. The van der Waals surface area contributed by atoms with E-state index in [0.717, 1.165) is 16.7 Å². The van der Waals surface area contributed by atoms with Crippen LogP contribution in [0.5, 0.6) is 0 Å². The van der Waals surface area contributed by atoms with Crippen molar-refractivity contribution in [3.8, 4) is 0 Å². The molecule has 0 bridgehead atoms. The highest BCUT2D eigenvalue weighted by molar-refractivity contribution is 5.94. The first kappa shape index (κ1) is 20.6. The third-order valence-corrected chi connectivity index (χ3v) is 5.95. The maximum absolute atomic E-state index is 15.3. The molecule has 5 heteroatoms. The zero-order valence-corrected chi connectivity index (χ0v) is 18.0. The molecule has 0 unspecified atom stereocenters. The Kier molecular flexibility index (Phi) is 5.23. The van der Waals surface area contributed by atoms with Gasteiger partial charge in [-0.2, -0.15) is 4.39 Å². The number of halogens is 1. The van der Waals surface area contributed by atoms with Crippen LogP contribution < -0.4 is 0 Å². The summed E-state index contributed by atoms with van der Waals surface area (Å²) in [6, 6.07) is 34.6. The van der Waals surface area contributed by atoms with Crippen LogP contribution in [0.2, 0.25) is 0 Å². The van der Waals surface area contributed by atoms with Gasteiger partial charge in [0.15, 0.2) is 0 Å². The molecule has 0 aliphatic heterocycles. The van der Waals surface area contributed by atoms with Crippen LogP contribution in [0.4, 0.5) is 4.39 Å². The minimum Gasteiger partial charge on any atom is -0.465 e. The van der Waals surface area contributed by atoms with Gasteiger partial charge in [-0.3, -0.25) is 0 Å². The van der Waals surface area contributed by atoms with Gasteiger partial charge in [0.1, 0.15) is 5.54 Å². The first-order valence-electron chi connectivity index (χ1n) is 10.6. The summed E-state index contributed by atoms with van der Waals surface area (Å²) < 4.78 is 21.9. The number of nitrogens with zero attached hydrogens (tertiary/aromatic N) is 2. The highest BCUT2D eigenvalue weighted by atomic mass is 19.1. The molecular weight excluding hydrogens is 415 g/mol. The van der Waals surface area contributed by atoms with Crippen LogP contribution in [0.3, 0.4) is 0 Å². The summed E-state index contributed by atoms with van der Waals surface area (Å²) in [7, 11) is 1.30. The second-order valence-corrected chi connectivity index (χ2v) is 7.73. The number of benzene rings is 4. The highest BCUT2D eigenvalue weighted by Crippen LogP contribution is 2.42. The molecule has 0 amide bonds. The fourth-order valence-electron chi connectivity index (χ4n) is 4.49. The molecule has 0 radical (unpaired) electrons. The Labute approximate surface area is 190 Å². The molecule has 1 aromatic heterocycles. The van der Waals surface area contributed by atoms with Gasteiger partial charge < -0.3 is 4.74 Å². The second-order valence-electron chi connectivity index (χ2n) is 7.73. The van der Waals surface area contributed by atoms with Crippen molar-refractivity contribution < 1.29 is 13.9 Å². The average Bonchev–Trinajstić information content (AvgIpc) is 3.22. The van der Waals surface area contributed by atoms with Gasteiger partial charge in [-0.15, -0.1) is 5.10 Å². The van der Waals surface area contributed by atoms with E-state index in [-0.39, 0.29) is 10.9 Å². The lowest BCUT2D eigenvalue weighted by atomic mass is 9.77. The fraction of sp³-hybridized carbons (Fsp3) is 0.0714. The number of fused-ring (bicyclic) bond motifs is 1. The molecule has 4 nitrogen and oxygen atoms in total. The van der Waals surface area contributed by atoms with Gasteiger partial charge >= 0.3 is 5.97 Å². The van der Waals surface area contributed by atoms with E-state index in [1.807, 2.05) is 91.0 Å². The van der Waals surface area contributed by atoms with Crippen molar-refractivity contribution in [3.63, 3.8) is 0 Å². The maximum atomic E-state index is 15.3. The molecular formula is C28H21FN2O2. The first-order chi connectivity index (χ1) is 16.2. The third kappa shape index (κ3) is 3.29. The smallest absolute Gasteiger partial charge is 0.337 e. The van der Waals surface area contributed by atoms with Crippen molar-refractivity contribution in [3.05, 3.63) is 137 Å². The summed E-state index contributed by atoms with van der Waals surface area (Å²) in [5, 5.41) is 4.67. The van der Waals surface area contributed by atoms with Crippen molar-refractivity contribution in [2.75, 3.05) is 7.11 Å². The number of hydrogen-bond acceptors (Lipinski definition) is 3. The number of carbonyl (C=O) groups excluding carboxylic acids is 1. The molecule has 0 saturated carbocycles. The summed E-state index contributed by atoms with van der Waals surface area (Å²) in [6.07, 6.45) is 0. The predicted molar refractivity (Wildman–Crippen MR) is 126 cm³/mol. The molecule has 0 atom stereocenters. The van der Waals surface area contributed by atoms with E-state index in [1.165, 1.54) is 13.2 Å². The molecule has 4 aromatic carbocycles. The van der Waals surface area contributed by atoms with Crippen LogP contribution in [0.25, 0.3) is 10.9 Å². The van der Waals surface area contributed by atoms with Gasteiger partial charge in [0.25, 0.3) is 0 Å². The number of esters is 1. The van der Waals surface area contributed by atoms with E-state index >= 15 is 4.39 Å². The van der Waals surface area contributed by atoms with Crippen molar-refractivity contribution in [2.45, 2.75) is 5.54 Å². The Morgan fingerprint density at radius 1 is 0.788 bits per heavy atom. The molecule has 0 aliphatic carbocycles. The van der Waals surface area contributed by atoms with E-state index in [4.69, 9.17) is 4.74 Å². The standard InChI is InChI=1S/C28H21FN2O2/c1-33-27(32)20-17-18-25-24(19-20)26(29)30-31(25)28(21-11-5-2-6-12-21,22-13-7-3-8-14-22)23-15-9-4-10-16-23/h2-19H,1H3. The lowest BCUT2D eigenvalue weighted by Crippen LogP contribution is -2.38. The summed E-state index contributed by atoms with van der Waals surface area (Å²) in [6.45, 7) is 0. The SMILES string of the molecule is COC(=O)c1ccc2c(c1)c(F)nn2C(c1ccccc1)(c1ccccc1)c1ccccc1. The van der Waals surface area contributed by atoms with Gasteiger partial charge in [-0.25, -0.2) is 9.48 Å². The molecule has 5 aromatic rings. The van der Waals surface area contributed by atoms with E-state index in [9.17, 15) is 4.79 Å². The Morgan fingerprint density at radius 2 is 1.27 bits per heavy atom. The van der Waals surface area contributed by atoms with Gasteiger partial charge in [0.05, 0.1) is 23.6 Å². The van der Waals surface area contributed by atoms with Gasteiger partial charge in [0, 0.05) is 0 Å². The quantitative estimate of drug-likeness (QED) is 0.258. The van der Waals surface area contributed by atoms with Crippen LogP contribution in [0.1, 0.15) is 27.0 Å². The molecule has 0 fully saturated rings. The molecule has 33 heavy (non-hydrogen) atoms. The van der Waals surface area contributed by atoms with Crippen molar-refractivity contribution >= 4 is 16.9 Å². The monoisotopic (exact) mass is 436 g/mol. The number of methoxy groups -OCH3 is 1. The predicted octanol–water partition coefficient (Wildman–Crippen LogP) is 5.80. The van der Waals surface area contributed by atoms with Gasteiger partial charge in [-0.1, -0.05) is 91.0 Å². The van der Waals surface area contributed by atoms with Crippen molar-refractivity contribution in [2.24, 2.45) is 0 Å². The Bertz CT molecular complexity index is 1320. The summed E-state index contributed by atoms with van der Waals surface area (Å²) in [5.41, 5.74) is 2.69. The minimum absolute atomic E-state index is 0.255. The summed E-state index contributed by atoms with van der Waals surface area (Å²) in [5.74, 6) is -1.17. The minimum atomic E-state index is -0.945. The van der Waals surface area contributed by atoms with Crippen LogP contribution in [-0.2, 0) is 10.3 Å². The van der Waals surface area contributed by atoms with E-state index in [1.54, 1.807) is 16.8 Å². The van der Waals surface area contributed by atoms with Crippen LogP contribution in [-0.4, -0.2) is 22.9 Å². The van der Waals surface area contributed by atoms with Crippen molar-refractivity contribution in [1.82, 2.24) is 9.78 Å². The largest absolute Gasteiger partial charge is 0.465 e. The number of hydrogen-bond donors (Lipinski definition) is 0. The van der Waals surface area contributed by atoms with Crippen LogP contribution in [0.15, 0.2) is 109 Å². The molecule has 5 rings (SSSR count).